The standard InChI is InChI=1S/C20H42/c1-5-7-9-11-13-15-17-19(3)20(4)18-16-14-12-10-8-6-2/h19-20H,5-18H2,1-4H3/t19-,20-/m1/s1. The number of rotatable bonds is 15. The molecule has 0 N–H and O–H groups in total. The maximum atomic E-state index is 2.48. The van der Waals surface area contributed by atoms with Crippen molar-refractivity contribution in [3.63, 3.8) is 0 Å². The summed E-state index contributed by atoms with van der Waals surface area (Å²) >= 11 is 0. The molecule has 0 bridgehead atoms. The lowest BCUT2D eigenvalue weighted by Crippen LogP contribution is -2.08. The molecular weight excluding hydrogens is 240 g/mol. The van der Waals surface area contributed by atoms with E-state index in [0.717, 1.165) is 11.8 Å². The fraction of sp³-hybridized carbons (Fsp3) is 1.00. The van der Waals surface area contributed by atoms with Crippen LogP contribution in [0.2, 0.25) is 0 Å². The third-order valence-corrected chi connectivity index (χ3v) is 5.00. The summed E-state index contributed by atoms with van der Waals surface area (Å²) in [6.07, 6.45) is 20.2. The summed E-state index contributed by atoms with van der Waals surface area (Å²) in [5.74, 6) is 1.88. The van der Waals surface area contributed by atoms with Crippen LogP contribution in [0.1, 0.15) is 118 Å². The van der Waals surface area contributed by atoms with E-state index in [4.69, 9.17) is 0 Å². The van der Waals surface area contributed by atoms with Gasteiger partial charge in [0.25, 0.3) is 0 Å². The predicted molar refractivity (Wildman–Crippen MR) is 94.3 cm³/mol. The molecule has 0 aliphatic heterocycles. The van der Waals surface area contributed by atoms with Gasteiger partial charge < -0.3 is 0 Å². The summed E-state index contributed by atoms with van der Waals surface area (Å²) in [6.45, 7) is 9.56. The van der Waals surface area contributed by atoms with Crippen LogP contribution in [0, 0.1) is 11.8 Å². The summed E-state index contributed by atoms with van der Waals surface area (Å²) in [6, 6.07) is 0. The average Bonchev–Trinajstić information content (AvgIpc) is 2.45. The quantitative estimate of drug-likeness (QED) is 0.269. The van der Waals surface area contributed by atoms with Crippen LogP contribution >= 0.6 is 0 Å². The van der Waals surface area contributed by atoms with E-state index in [2.05, 4.69) is 27.7 Å². The summed E-state index contributed by atoms with van der Waals surface area (Å²) in [5, 5.41) is 0. The van der Waals surface area contributed by atoms with Crippen LogP contribution in [0.15, 0.2) is 0 Å². The first-order chi connectivity index (χ1) is 9.72. The van der Waals surface area contributed by atoms with Crippen molar-refractivity contribution in [3.8, 4) is 0 Å². The largest absolute Gasteiger partial charge is 0.0654 e. The fourth-order valence-corrected chi connectivity index (χ4v) is 3.06. The zero-order valence-corrected chi connectivity index (χ0v) is 15.1. The second kappa shape index (κ2) is 15.4. The van der Waals surface area contributed by atoms with Gasteiger partial charge in [0, 0.05) is 0 Å². The fourth-order valence-electron chi connectivity index (χ4n) is 3.06. The molecule has 0 rings (SSSR count). The molecule has 0 saturated carbocycles. The Hall–Kier alpha value is 0. The zero-order valence-electron chi connectivity index (χ0n) is 15.1. The van der Waals surface area contributed by atoms with E-state index in [1.54, 1.807) is 0 Å². The minimum Gasteiger partial charge on any atom is -0.0654 e. The SMILES string of the molecule is CCCCCCCC[C@@H](C)[C@H](C)CCCCCCCC. The second-order valence-corrected chi connectivity index (χ2v) is 7.07. The van der Waals surface area contributed by atoms with Gasteiger partial charge in [0.1, 0.15) is 0 Å². The van der Waals surface area contributed by atoms with Crippen LogP contribution in [-0.2, 0) is 0 Å². The maximum absolute atomic E-state index is 2.48. The number of hydrogen-bond acceptors (Lipinski definition) is 0. The van der Waals surface area contributed by atoms with Crippen molar-refractivity contribution < 1.29 is 0 Å². The first-order valence-corrected chi connectivity index (χ1v) is 9.72. The van der Waals surface area contributed by atoms with Crippen molar-refractivity contribution in [2.24, 2.45) is 11.8 Å². The van der Waals surface area contributed by atoms with E-state index >= 15 is 0 Å². The number of unbranched alkanes of at least 4 members (excludes halogenated alkanes) is 10. The van der Waals surface area contributed by atoms with Crippen LogP contribution < -0.4 is 0 Å². The van der Waals surface area contributed by atoms with Crippen molar-refractivity contribution in [3.05, 3.63) is 0 Å². The molecule has 0 saturated heterocycles. The molecule has 20 heavy (non-hydrogen) atoms. The molecule has 0 unspecified atom stereocenters. The Bertz CT molecular complexity index is 153. The smallest absolute Gasteiger partial charge is 0.0417 e. The number of hydrogen-bond donors (Lipinski definition) is 0. The Morgan fingerprint density at radius 1 is 0.450 bits per heavy atom. The van der Waals surface area contributed by atoms with Gasteiger partial charge in [0.15, 0.2) is 0 Å². The van der Waals surface area contributed by atoms with Crippen LogP contribution in [0.5, 0.6) is 0 Å². The predicted octanol–water partition coefficient (Wildman–Crippen LogP) is 7.76. The molecule has 0 nitrogen and oxygen atoms in total. The van der Waals surface area contributed by atoms with Crippen molar-refractivity contribution in [1.29, 1.82) is 0 Å². The molecule has 0 spiro atoms. The van der Waals surface area contributed by atoms with E-state index in [1.165, 1.54) is 89.9 Å². The topological polar surface area (TPSA) is 0 Å². The first-order valence-electron chi connectivity index (χ1n) is 9.72. The molecule has 0 heteroatoms. The van der Waals surface area contributed by atoms with Crippen molar-refractivity contribution in [2.45, 2.75) is 118 Å². The lowest BCUT2D eigenvalue weighted by Gasteiger charge is -2.19. The molecule has 0 aliphatic rings. The molecule has 0 aromatic carbocycles. The molecule has 0 aromatic rings. The highest BCUT2D eigenvalue weighted by atomic mass is 14.2. The molecule has 122 valence electrons. The molecular formula is C20H42. The van der Waals surface area contributed by atoms with Crippen molar-refractivity contribution in [2.75, 3.05) is 0 Å². The summed E-state index contributed by atoms with van der Waals surface area (Å²) in [4.78, 5) is 0. The van der Waals surface area contributed by atoms with Gasteiger partial charge in [0.05, 0.1) is 0 Å². The monoisotopic (exact) mass is 282 g/mol. The lowest BCUT2D eigenvalue weighted by molar-refractivity contribution is 0.322. The minimum absolute atomic E-state index is 0.941. The third-order valence-electron chi connectivity index (χ3n) is 5.00. The highest BCUT2D eigenvalue weighted by molar-refractivity contribution is 4.63. The Morgan fingerprint density at radius 3 is 1.10 bits per heavy atom. The molecule has 0 fully saturated rings. The van der Waals surface area contributed by atoms with Crippen LogP contribution in [0.4, 0.5) is 0 Å². The van der Waals surface area contributed by atoms with Gasteiger partial charge in [-0.15, -0.1) is 0 Å². The summed E-state index contributed by atoms with van der Waals surface area (Å²) in [7, 11) is 0. The van der Waals surface area contributed by atoms with E-state index in [9.17, 15) is 0 Å². The highest BCUT2D eigenvalue weighted by Gasteiger charge is 2.11. The normalized spacial score (nSPS) is 14.4. The Morgan fingerprint density at radius 2 is 0.750 bits per heavy atom. The average molecular weight is 283 g/mol. The molecule has 2 atom stereocenters. The van der Waals surface area contributed by atoms with E-state index in [-0.39, 0.29) is 0 Å². The Kier molecular flexibility index (Phi) is 15.4. The zero-order chi connectivity index (χ0) is 15.1. The molecule has 0 aromatic heterocycles. The first kappa shape index (κ1) is 20.0. The Labute approximate surface area is 130 Å². The highest BCUT2D eigenvalue weighted by Crippen LogP contribution is 2.24. The second-order valence-electron chi connectivity index (χ2n) is 7.07. The van der Waals surface area contributed by atoms with Gasteiger partial charge >= 0.3 is 0 Å². The van der Waals surface area contributed by atoms with Gasteiger partial charge in [0.2, 0.25) is 0 Å². The minimum atomic E-state index is 0.941. The molecule has 0 aliphatic carbocycles. The van der Waals surface area contributed by atoms with Crippen LogP contribution in [0.25, 0.3) is 0 Å². The van der Waals surface area contributed by atoms with Crippen LogP contribution in [0.3, 0.4) is 0 Å². The third kappa shape index (κ3) is 13.0. The van der Waals surface area contributed by atoms with E-state index in [0.29, 0.717) is 0 Å². The van der Waals surface area contributed by atoms with Crippen molar-refractivity contribution >= 4 is 0 Å². The summed E-state index contributed by atoms with van der Waals surface area (Å²) < 4.78 is 0. The van der Waals surface area contributed by atoms with Gasteiger partial charge in [-0.1, -0.05) is 118 Å². The van der Waals surface area contributed by atoms with Gasteiger partial charge in [-0.3, -0.25) is 0 Å². The molecule has 0 heterocycles. The maximum Gasteiger partial charge on any atom is -0.0417 e. The van der Waals surface area contributed by atoms with Gasteiger partial charge in [-0.2, -0.15) is 0 Å². The molecule has 0 amide bonds. The molecule has 0 radical (unpaired) electrons. The van der Waals surface area contributed by atoms with E-state index in [1.807, 2.05) is 0 Å². The Balaban J connectivity index is 3.35. The lowest BCUT2D eigenvalue weighted by atomic mass is 9.86. The van der Waals surface area contributed by atoms with Gasteiger partial charge in [-0.05, 0) is 11.8 Å². The summed E-state index contributed by atoms with van der Waals surface area (Å²) in [5.41, 5.74) is 0. The van der Waals surface area contributed by atoms with Crippen LogP contribution in [-0.4, -0.2) is 0 Å². The van der Waals surface area contributed by atoms with Gasteiger partial charge in [-0.25, -0.2) is 0 Å². The van der Waals surface area contributed by atoms with E-state index < -0.39 is 0 Å². The van der Waals surface area contributed by atoms with Crippen molar-refractivity contribution in [1.82, 2.24) is 0 Å².